The van der Waals surface area contributed by atoms with Crippen LogP contribution in [-0.2, 0) is 14.1 Å². The number of rotatable bonds is 4. The second-order valence-electron chi connectivity index (χ2n) is 10.4. The first-order valence-corrected chi connectivity index (χ1v) is 13.7. The van der Waals surface area contributed by atoms with E-state index in [0.29, 0.717) is 0 Å². The molecule has 8 aromatic rings. The lowest BCUT2D eigenvalue weighted by molar-refractivity contribution is 0.926. The normalized spacial score (nSPS) is 11.7. The predicted molar refractivity (Wildman–Crippen MR) is 166 cm³/mol. The molecule has 8 rings (SSSR count). The zero-order valence-corrected chi connectivity index (χ0v) is 22.7. The van der Waals surface area contributed by atoms with Crippen LogP contribution in [0.15, 0.2) is 122 Å². The Bertz CT molecular complexity index is 2230. The number of benzene rings is 4. The standard InChI is InChI=1S/C35H26N6/c1-39-19-18-37-35(39)27-21-24(34-38-29-14-4-6-16-31(29)40(34)2)22-32-33(27)26-12-3-5-15-30(26)41(32)25-11-9-10-23(20-25)28-13-7-8-17-36-28/h3-22H,1-2H3. The maximum absolute atomic E-state index is 5.06. The fourth-order valence-corrected chi connectivity index (χ4v) is 6.05. The highest BCUT2D eigenvalue weighted by molar-refractivity contribution is 6.16. The summed E-state index contributed by atoms with van der Waals surface area (Å²) < 4.78 is 6.62. The van der Waals surface area contributed by atoms with Gasteiger partial charge < -0.3 is 13.7 Å². The van der Waals surface area contributed by atoms with Gasteiger partial charge in [-0.2, -0.15) is 0 Å². The van der Waals surface area contributed by atoms with Crippen molar-refractivity contribution >= 4 is 32.8 Å². The number of nitrogens with zero attached hydrogens (tertiary/aromatic N) is 6. The molecule has 41 heavy (non-hydrogen) atoms. The van der Waals surface area contributed by atoms with Gasteiger partial charge in [0, 0.05) is 65.8 Å². The zero-order valence-electron chi connectivity index (χ0n) is 22.7. The quantitative estimate of drug-likeness (QED) is 0.233. The van der Waals surface area contributed by atoms with Crippen LogP contribution in [0.1, 0.15) is 0 Å². The SMILES string of the molecule is Cn1ccnc1-c1cc(-c2nc3ccccc3n2C)cc2c1c1ccccc1n2-c1cccc(-c2ccccn2)c1. The van der Waals surface area contributed by atoms with E-state index in [9.17, 15) is 0 Å². The molecule has 0 aliphatic rings. The number of pyridine rings is 1. The Hall–Kier alpha value is -5.49. The van der Waals surface area contributed by atoms with E-state index in [0.717, 1.165) is 61.8 Å². The number of para-hydroxylation sites is 3. The molecule has 6 heteroatoms. The summed E-state index contributed by atoms with van der Waals surface area (Å²) in [5.41, 5.74) is 9.54. The summed E-state index contributed by atoms with van der Waals surface area (Å²) in [4.78, 5) is 14.5. The highest BCUT2D eigenvalue weighted by Crippen LogP contribution is 2.41. The Kier molecular flexibility index (Phi) is 5.15. The lowest BCUT2D eigenvalue weighted by Gasteiger charge is -2.13. The number of aryl methyl sites for hydroxylation is 2. The number of hydrogen-bond acceptors (Lipinski definition) is 3. The maximum Gasteiger partial charge on any atom is 0.140 e. The third-order valence-corrected chi connectivity index (χ3v) is 7.95. The fourth-order valence-electron chi connectivity index (χ4n) is 6.05. The summed E-state index contributed by atoms with van der Waals surface area (Å²) in [6.07, 6.45) is 5.70. The summed E-state index contributed by atoms with van der Waals surface area (Å²) in [7, 11) is 4.13. The predicted octanol–water partition coefficient (Wildman–Crippen LogP) is 7.80. The van der Waals surface area contributed by atoms with Crippen LogP contribution in [0, 0.1) is 0 Å². The zero-order chi connectivity index (χ0) is 27.5. The van der Waals surface area contributed by atoms with E-state index in [1.165, 1.54) is 10.8 Å². The highest BCUT2D eigenvalue weighted by Gasteiger charge is 2.21. The Morgan fingerprint density at radius 3 is 2.24 bits per heavy atom. The van der Waals surface area contributed by atoms with Gasteiger partial charge in [0.15, 0.2) is 0 Å². The third-order valence-electron chi connectivity index (χ3n) is 7.95. The molecule has 0 fully saturated rings. The number of aromatic nitrogens is 6. The fraction of sp³-hybridized carbons (Fsp3) is 0.0571. The molecule has 0 amide bonds. The van der Waals surface area contributed by atoms with E-state index in [2.05, 4.69) is 105 Å². The molecular formula is C35H26N6. The monoisotopic (exact) mass is 530 g/mol. The number of hydrogen-bond donors (Lipinski definition) is 0. The Morgan fingerprint density at radius 1 is 0.610 bits per heavy atom. The molecule has 0 saturated heterocycles. The van der Waals surface area contributed by atoms with Gasteiger partial charge in [-0.15, -0.1) is 0 Å². The number of imidazole rings is 2. The molecule has 6 nitrogen and oxygen atoms in total. The minimum atomic E-state index is 0.917. The van der Waals surface area contributed by atoms with Crippen LogP contribution in [0.3, 0.4) is 0 Å². The largest absolute Gasteiger partial charge is 0.334 e. The smallest absolute Gasteiger partial charge is 0.140 e. The molecule has 0 saturated carbocycles. The van der Waals surface area contributed by atoms with Crippen molar-refractivity contribution in [2.24, 2.45) is 14.1 Å². The molecule has 196 valence electrons. The summed E-state index contributed by atoms with van der Waals surface area (Å²) in [6, 6.07) is 36.0. The molecule has 0 spiro atoms. The van der Waals surface area contributed by atoms with Crippen molar-refractivity contribution in [1.82, 2.24) is 28.7 Å². The van der Waals surface area contributed by atoms with Crippen molar-refractivity contribution in [3.8, 4) is 39.7 Å². The van der Waals surface area contributed by atoms with Gasteiger partial charge in [-0.3, -0.25) is 4.98 Å². The van der Waals surface area contributed by atoms with Crippen molar-refractivity contribution in [1.29, 1.82) is 0 Å². The molecule has 0 unspecified atom stereocenters. The summed E-state index contributed by atoms with van der Waals surface area (Å²) in [6.45, 7) is 0. The van der Waals surface area contributed by atoms with Gasteiger partial charge in [-0.25, -0.2) is 9.97 Å². The molecule has 0 atom stereocenters. The Morgan fingerprint density at radius 2 is 1.44 bits per heavy atom. The Labute approximate surface area is 236 Å². The first kappa shape index (κ1) is 23.4. The highest BCUT2D eigenvalue weighted by atomic mass is 15.1. The van der Waals surface area contributed by atoms with E-state index in [1.54, 1.807) is 0 Å². The van der Waals surface area contributed by atoms with Gasteiger partial charge >= 0.3 is 0 Å². The molecule has 0 radical (unpaired) electrons. The molecule has 0 aliphatic carbocycles. The van der Waals surface area contributed by atoms with E-state index in [4.69, 9.17) is 9.97 Å². The first-order chi connectivity index (χ1) is 20.2. The average Bonchev–Trinajstić information content (AvgIpc) is 3.70. The topological polar surface area (TPSA) is 53.5 Å². The summed E-state index contributed by atoms with van der Waals surface area (Å²) >= 11 is 0. The van der Waals surface area contributed by atoms with E-state index in [1.807, 2.05) is 49.9 Å². The van der Waals surface area contributed by atoms with Crippen LogP contribution in [0.4, 0.5) is 0 Å². The molecule has 4 aromatic carbocycles. The summed E-state index contributed by atoms with van der Waals surface area (Å²) in [5.74, 6) is 1.84. The van der Waals surface area contributed by atoms with Gasteiger partial charge in [0.25, 0.3) is 0 Å². The molecule has 0 N–H and O–H groups in total. The minimum Gasteiger partial charge on any atom is -0.334 e. The van der Waals surface area contributed by atoms with Crippen molar-refractivity contribution in [3.05, 3.63) is 122 Å². The number of fused-ring (bicyclic) bond motifs is 4. The lowest BCUT2D eigenvalue weighted by Crippen LogP contribution is -1.98. The van der Waals surface area contributed by atoms with Crippen LogP contribution in [0.2, 0.25) is 0 Å². The van der Waals surface area contributed by atoms with E-state index >= 15 is 0 Å². The molecule has 4 heterocycles. The third kappa shape index (κ3) is 3.61. The second kappa shape index (κ2) is 9.03. The minimum absolute atomic E-state index is 0.917. The average molecular weight is 531 g/mol. The molecule has 4 aromatic heterocycles. The van der Waals surface area contributed by atoms with Gasteiger partial charge in [0.1, 0.15) is 11.6 Å². The molecule has 0 bridgehead atoms. The lowest BCUT2D eigenvalue weighted by atomic mass is 10.0. The van der Waals surface area contributed by atoms with Crippen LogP contribution in [-0.4, -0.2) is 28.7 Å². The van der Waals surface area contributed by atoms with Crippen molar-refractivity contribution in [2.75, 3.05) is 0 Å². The Balaban J connectivity index is 1.49. The van der Waals surface area contributed by atoms with Crippen molar-refractivity contribution in [3.63, 3.8) is 0 Å². The van der Waals surface area contributed by atoms with Gasteiger partial charge in [0.05, 0.1) is 27.8 Å². The molecule has 0 aliphatic heterocycles. The first-order valence-electron chi connectivity index (χ1n) is 13.7. The van der Waals surface area contributed by atoms with Crippen LogP contribution >= 0.6 is 0 Å². The van der Waals surface area contributed by atoms with Crippen LogP contribution in [0.25, 0.3) is 72.6 Å². The summed E-state index contributed by atoms with van der Waals surface area (Å²) in [5, 5.41) is 2.35. The van der Waals surface area contributed by atoms with Gasteiger partial charge in [-0.1, -0.05) is 48.5 Å². The molecular weight excluding hydrogens is 504 g/mol. The second-order valence-corrected chi connectivity index (χ2v) is 10.4. The maximum atomic E-state index is 5.06. The van der Waals surface area contributed by atoms with Crippen LogP contribution < -0.4 is 0 Å². The van der Waals surface area contributed by atoms with E-state index in [-0.39, 0.29) is 0 Å². The van der Waals surface area contributed by atoms with Crippen LogP contribution in [0.5, 0.6) is 0 Å². The van der Waals surface area contributed by atoms with Crippen molar-refractivity contribution < 1.29 is 0 Å². The van der Waals surface area contributed by atoms with E-state index < -0.39 is 0 Å². The van der Waals surface area contributed by atoms with Crippen molar-refractivity contribution in [2.45, 2.75) is 0 Å². The van der Waals surface area contributed by atoms with Gasteiger partial charge in [0.2, 0.25) is 0 Å². The van der Waals surface area contributed by atoms with Gasteiger partial charge in [-0.05, 0) is 54.6 Å².